The van der Waals surface area contributed by atoms with Crippen LogP contribution in [-0.4, -0.2) is 43.0 Å². The van der Waals surface area contributed by atoms with E-state index in [1.54, 1.807) is 11.8 Å². The number of piperidine rings is 1. The van der Waals surface area contributed by atoms with Gasteiger partial charge in [0, 0.05) is 38.9 Å². The van der Waals surface area contributed by atoms with Gasteiger partial charge in [-0.15, -0.1) is 0 Å². The van der Waals surface area contributed by atoms with E-state index in [0.29, 0.717) is 32.8 Å². The molecule has 0 aliphatic carbocycles. The average Bonchev–Trinajstić information content (AvgIpc) is 2.84. The van der Waals surface area contributed by atoms with Crippen molar-refractivity contribution in [2.45, 2.75) is 32.7 Å². The van der Waals surface area contributed by atoms with E-state index in [1.807, 2.05) is 18.2 Å². The Kier molecular flexibility index (Phi) is 5.23. The van der Waals surface area contributed by atoms with Gasteiger partial charge in [0.25, 0.3) is 0 Å². The fourth-order valence-electron chi connectivity index (χ4n) is 3.11. The Hall–Kier alpha value is -2.24. The van der Waals surface area contributed by atoms with E-state index in [2.05, 4.69) is 5.32 Å². The minimum atomic E-state index is -0.0130. The molecule has 1 N–H and O–H groups in total. The molecule has 2 aliphatic heterocycles. The van der Waals surface area contributed by atoms with Crippen molar-refractivity contribution in [3.05, 3.63) is 23.8 Å². The summed E-state index contributed by atoms with van der Waals surface area (Å²) in [6.45, 7) is 4.70. The van der Waals surface area contributed by atoms with Crippen molar-refractivity contribution in [2.75, 3.05) is 26.3 Å². The minimum absolute atomic E-state index is 0.0130. The topological polar surface area (TPSA) is 67.9 Å². The van der Waals surface area contributed by atoms with Gasteiger partial charge >= 0.3 is 0 Å². The quantitative estimate of drug-likeness (QED) is 0.915. The molecular weight excluding hydrogens is 308 g/mol. The summed E-state index contributed by atoms with van der Waals surface area (Å²) in [5.41, 5.74) is 0.994. The van der Waals surface area contributed by atoms with E-state index < -0.39 is 0 Å². The zero-order chi connectivity index (χ0) is 16.9. The monoisotopic (exact) mass is 332 g/mol. The van der Waals surface area contributed by atoms with Gasteiger partial charge in [0.1, 0.15) is 0 Å². The summed E-state index contributed by atoms with van der Waals surface area (Å²) in [4.78, 5) is 25.5. The van der Waals surface area contributed by atoms with Gasteiger partial charge < -0.3 is 19.7 Å². The lowest BCUT2D eigenvalue weighted by molar-refractivity contribution is -0.134. The van der Waals surface area contributed by atoms with Crippen molar-refractivity contribution in [3.8, 4) is 11.5 Å². The average molecular weight is 332 g/mol. The second-order valence-corrected chi connectivity index (χ2v) is 6.33. The molecule has 0 saturated carbocycles. The number of likely N-dealkylation sites (tertiary alicyclic amines) is 1. The van der Waals surface area contributed by atoms with Crippen LogP contribution >= 0.6 is 0 Å². The molecule has 2 amide bonds. The summed E-state index contributed by atoms with van der Waals surface area (Å²) >= 11 is 0. The van der Waals surface area contributed by atoms with Crippen molar-refractivity contribution < 1.29 is 19.1 Å². The number of amides is 2. The van der Waals surface area contributed by atoms with Gasteiger partial charge in [-0.05, 0) is 30.5 Å². The number of ether oxygens (including phenoxy) is 2. The third kappa shape index (κ3) is 3.99. The molecule has 0 aromatic heterocycles. The minimum Gasteiger partial charge on any atom is -0.490 e. The van der Waals surface area contributed by atoms with Gasteiger partial charge in [-0.1, -0.05) is 6.07 Å². The van der Waals surface area contributed by atoms with E-state index in [9.17, 15) is 9.59 Å². The highest BCUT2D eigenvalue weighted by molar-refractivity contribution is 5.79. The number of carbonyl (C=O) groups is 2. The first-order chi connectivity index (χ1) is 11.6. The smallest absolute Gasteiger partial charge is 0.223 e. The zero-order valence-electron chi connectivity index (χ0n) is 14.0. The molecule has 130 valence electrons. The van der Waals surface area contributed by atoms with Crippen molar-refractivity contribution in [1.82, 2.24) is 10.2 Å². The lowest BCUT2D eigenvalue weighted by atomic mass is 9.96. The summed E-state index contributed by atoms with van der Waals surface area (Å²) in [5, 5.41) is 3.00. The summed E-state index contributed by atoms with van der Waals surface area (Å²) in [5.74, 6) is 1.64. The Labute approximate surface area is 142 Å². The van der Waals surface area contributed by atoms with Gasteiger partial charge in [0.05, 0.1) is 13.2 Å². The highest BCUT2D eigenvalue weighted by Gasteiger charge is 2.25. The molecular formula is C18H24N2O4. The van der Waals surface area contributed by atoms with Gasteiger partial charge in [0.2, 0.25) is 11.8 Å². The molecule has 1 aromatic carbocycles. The molecule has 0 radical (unpaired) electrons. The van der Waals surface area contributed by atoms with Crippen LogP contribution in [0, 0.1) is 5.92 Å². The van der Waals surface area contributed by atoms with Crippen LogP contribution in [0.4, 0.5) is 0 Å². The number of benzene rings is 1. The van der Waals surface area contributed by atoms with Gasteiger partial charge in [-0.2, -0.15) is 0 Å². The first-order valence-electron chi connectivity index (χ1n) is 8.55. The van der Waals surface area contributed by atoms with Crippen LogP contribution in [-0.2, 0) is 16.1 Å². The molecule has 2 aliphatic rings. The number of hydrogen-bond acceptors (Lipinski definition) is 4. The number of nitrogens with one attached hydrogen (secondary N) is 1. The van der Waals surface area contributed by atoms with Crippen LogP contribution < -0.4 is 14.8 Å². The Morgan fingerprint density at radius 2 is 1.88 bits per heavy atom. The largest absolute Gasteiger partial charge is 0.490 e. The molecule has 24 heavy (non-hydrogen) atoms. The van der Waals surface area contributed by atoms with E-state index in [1.165, 1.54) is 0 Å². The number of fused-ring (bicyclic) bond motifs is 1. The van der Waals surface area contributed by atoms with Crippen molar-refractivity contribution in [1.29, 1.82) is 0 Å². The van der Waals surface area contributed by atoms with Crippen LogP contribution in [0.3, 0.4) is 0 Å². The fourth-order valence-corrected chi connectivity index (χ4v) is 3.11. The molecule has 1 aromatic rings. The van der Waals surface area contributed by atoms with E-state index in [-0.39, 0.29) is 17.7 Å². The molecule has 0 spiro atoms. The van der Waals surface area contributed by atoms with Crippen LogP contribution in [0.2, 0.25) is 0 Å². The number of nitrogens with zero attached hydrogens (tertiary/aromatic N) is 1. The second-order valence-electron chi connectivity index (χ2n) is 6.33. The summed E-state index contributed by atoms with van der Waals surface area (Å²) in [7, 11) is 0. The normalized spacial score (nSPS) is 18.0. The van der Waals surface area contributed by atoms with Crippen LogP contribution in [0.1, 0.15) is 31.7 Å². The predicted octanol–water partition coefficient (Wildman–Crippen LogP) is 1.72. The Morgan fingerprint density at radius 1 is 1.17 bits per heavy atom. The highest BCUT2D eigenvalue weighted by atomic mass is 16.5. The maximum Gasteiger partial charge on any atom is 0.223 e. The van der Waals surface area contributed by atoms with E-state index in [4.69, 9.17) is 9.47 Å². The molecule has 0 atom stereocenters. The first kappa shape index (κ1) is 16.6. The summed E-state index contributed by atoms with van der Waals surface area (Å²) in [6.07, 6.45) is 2.33. The fraction of sp³-hybridized carbons (Fsp3) is 0.556. The molecule has 6 heteroatoms. The van der Waals surface area contributed by atoms with Crippen LogP contribution in [0.5, 0.6) is 11.5 Å². The Balaban J connectivity index is 1.51. The molecule has 0 bridgehead atoms. The van der Waals surface area contributed by atoms with Crippen molar-refractivity contribution in [3.63, 3.8) is 0 Å². The van der Waals surface area contributed by atoms with Gasteiger partial charge in [-0.3, -0.25) is 9.59 Å². The molecule has 6 nitrogen and oxygen atoms in total. The molecule has 1 saturated heterocycles. The lowest BCUT2D eigenvalue weighted by Crippen LogP contribution is -2.42. The van der Waals surface area contributed by atoms with Crippen LogP contribution in [0.15, 0.2) is 18.2 Å². The highest BCUT2D eigenvalue weighted by Crippen LogP contribution is 2.30. The third-order valence-electron chi connectivity index (χ3n) is 4.59. The lowest BCUT2D eigenvalue weighted by Gasteiger charge is -2.30. The number of hydrogen-bond donors (Lipinski definition) is 1. The SMILES string of the molecule is CC(=O)N1CCC(C(=O)NCc2ccc3c(c2)OCCCO3)CC1. The molecule has 2 heterocycles. The second kappa shape index (κ2) is 7.55. The molecule has 0 unspecified atom stereocenters. The first-order valence-corrected chi connectivity index (χ1v) is 8.55. The summed E-state index contributed by atoms with van der Waals surface area (Å²) < 4.78 is 11.3. The molecule has 1 fully saturated rings. The van der Waals surface area contributed by atoms with Crippen molar-refractivity contribution >= 4 is 11.8 Å². The maximum atomic E-state index is 12.3. The molecule has 3 rings (SSSR count). The number of carbonyl (C=O) groups excluding carboxylic acids is 2. The van der Waals surface area contributed by atoms with Crippen LogP contribution in [0.25, 0.3) is 0 Å². The Morgan fingerprint density at radius 3 is 2.58 bits per heavy atom. The van der Waals surface area contributed by atoms with Gasteiger partial charge in [0.15, 0.2) is 11.5 Å². The standard InChI is InChI=1S/C18H24N2O4/c1-13(21)20-7-5-15(6-8-20)18(22)19-12-14-3-4-16-17(11-14)24-10-2-9-23-16/h3-4,11,15H,2,5-10,12H2,1H3,(H,19,22). The van der Waals surface area contributed by atoms with Crippen molar-refractivity contribution in [2.24, 2.45) is 5.92 Å². The summed E-state index contributed by atoms with van der Waals surface area (Å²) in [6, 6.07) is 5.78. The van der Waals surface area contributed by atoms with Gasteiger partial charge in [-0.25, -0.2) is 0 Å². The zero-order valence-corrected chi connectivity index (χ0v) is 14.0. The maximum absolute atomic E-state index is 12.3. The number of rotatable bonds is 3. The predicted molar refractivity (Wildman–Crippen MR) is 88.9 cm³/mol. The third-order valence-corrected chi connectivity index (χ3v) is 4.59. The Bertz CT molecular complexity index is 609. The van der Waals surface area contributed by atoms with E-state index in [0.717, 1.165) is 36.3 Å². The van der Waals surface area contributed by atoms with E-state index >= 15 is 0 Å².